The van der Waals surface area contributed by atoms with E-state index in [0.717, 1.165) is 17.7 Å². The molecule has 0 unspecified atom stereocenters. The van der Waals surface area contributed by atoms with Gasteiger partial charge in [0.25, 0.3) is 0 Å². The number of carbonyl (C=O) groups excluding carboxylic acids is 3. The zero-order valence-corrected chi connectivity index (χ0v) is 17.9. The Kier molecular flexibility index (Phi) is 14.3. The maximum Gasteiger partial charge on any atom is 0.332 e. The van der Waals surface area contributed by atoms with Crippen LogP contribution in [0.3, 0.4) is 0 Å². The SMILES string of the molecule is CCCCCCCCCCCCCCCCCCNC(=O)N1CC(=O)NC1=O. The van der Waals surface area contributed by atoms with Gasteiger partial charge in [-0.25, -0.2) is 14.5 Å². The van der Waals surface area contributed by atoms with Crippen molar-refractivity contribution < 1.29 is 14.4 Å². The number of urea groups is 2. The molecular weight excluding hydrogens is 354 g/mol. The Morgan fingerprint density at radius 3 is 1.61 bits per heavy atom. The van der Waals surface area contributed by atoms with Gasteiger partial charge in [0.15, 0.2) is 0 Å². The highest BCUT2D eigenvalue weighted by Gasteiger charge is 2.31. The number of carbonyl (C=O) groups is 3. The van der Waals surface area contributed by atoms with Crippen molar-refractivity contribution in [1.29, 1.82) is 0 Å². The summed E-state index contributed by atoms with van der Waals surface area (Å²) in [4.78, 5) is 35.1. The first-order chi connectivity index (χ1) is 13.6. The van der Waals surface area contributed by atoms with Gasteiger partial charge in [0.2, 0.25) is 5.91 Å². The van der Waals surface area contributed by atoms with E-state index in [2.05, 4.69) is 17.6 Å². The molecule has 1 fully saturated rings. The van der Waals surface area contributed by atoms with E-state index >= 15 is 0 Å². The molecule has 0 aliphatic carbocycles. The first-order valence-electron chi connectivity index (χ1n) is 11.5. The van der Waals surface area contributed by atoms with Crippen LogP contribution in [0.1, 0.15) is 110 Å². The number of rotatable bonds is 17. The van der Waals surface area contributed by atoms with Crippen LogP contribution >= 0.6 is 0 Å². The summed E-state index contributed by atoms with van der Waals surface area (Å²) in [6, 6.07) is -1.11. The Morgan fingerprint density at radius 2 is 1.21 bits per heavy atom. The molecule has 0 spiro atoms. The number of hydrogen-bond acceptors (Lipinski definition) is 3. The zero-order chi connectivity index (χ0) is 20.5. The van der Waals surface area contributed by atoms with Crippen LogP contribution in [-0.4, -0.2) is 36.0 Å². The molecule has 2 N–H and O–H groups in total. The topological polar surface area (TPSA) is 78.5 Å². The third-order valence-corrected chi connectivity index (χ3v) is 5.34. The van der Waals surface area contributed by atoms with Crippen molar-refractivity contribution in [3.63, 3.8) is 0 Å². The summed E-state index contributed by atoms with van der Waals surface area (Å²) in [7, 11) is 0. The van der Waals surface area contributed by atoms with E-state index in [1.807, 2.05) is 0 Å². The van der Waals surface area contributed by atoms with Gasteiger partial charge in [-0.1, -0.05) is 103 Å². The molecule has 28 heavy (non-hydrogen) atoms. The van der Waals surface area contributed by atoms with E-state index in [4.69, 9.17) is 0 Å². The molecule has 0 aromatic heterocycles. The lowest BCUT2D eigenvalue weighted by molar-refractivity contribution is -0.118. The molecule has 0 atom stereocenters. The van der Waals surface area contributed by atoms with E-state index in [1.54, 1.807) is 0 Å². The van der Waals surface area contributed by atoms with Gasteiger partial charge < -0.3 is 5.32 Å². The van der Waals surface area contributed by atoms with Gasteiger partial charge in [0.05, 0.1) is 0 Å². The number of imide groups is 2. The number of amides is 5. The second-order valence-electron chi connectivity index (χ2n) is 7.97. The normalized spacial score (nSPS) is 13.8. The highest BCUT2D eigenvalue weighted by atomic mass is 16.2. The van der Waals surface area contributed by atoms with Crippen LogP contribution in [-0.2, 0) is 4.79 Å². The lowest BCUT2D eigenvalue weighted by Gasteiger charge is -2.12. The van der Waals surface area contributed by atoms with E-state index in [9.17, 15) is 14.4 Å². The minimum absolute atomic E-state index is 0.177. The third kappa shape index (κ3) is 12.0. The van der Waals surface area contributed by atoms with Crippen LogP contribution in [0.4, 0.5) is 9.59 Å². The van der Waals surface area contributed by atoms with Crippen LogP contribution in [0.2, 0.25) is 0 Å². The molecule has 6 heteroatoms. The monoisotopic (exact) mass is 395 g/mol. The Bertz CT molecular complexity index is 454. The van der Waals surface area contributed by atoms with Crippen molar-refractivity contribution in [2.45, 2.75) is 110 Å². The molecule has 6 nitrogen and oxygen atoms in total. The van der Waals surface area contributed by atoms with Gasteiger partial charge in [-0.05, 0) is 6.42 Å². The second kappa shape index (κ2) is 16.4. The maximum atomic E-state index is 11.8. The van der Waals surface area contributed by atoms with E-state index in [-0.39, 0.29) is 6.54 Å². The highest BCUT2D eigenvalue weighted by Crippen LogP contribution is 2.13. The maximum absolute atomic E-state index is 11.8. The Morgan fingerprint density at radius 1 is 0.786 bits per heavy atom. The number of nitrogens with zero attached hydrogens (tertiary/aromatic N) is 1. The van der Waals surface area contributed by atoms with Crippen LogP contribution in [0.25, 0.3) is 0 Å². The molecule has 0 aromatic rings. The lowest BCUT2D eigenvalue weighted by Crippen LogP contribution is -2.42. The molecule has 1 saturated heterocycles. The largest absolute Gasteiger partial charge is 0.338 e. The van der Waals surface area contributed by atoms with Gasteiger partial charge in [-0.3, -0.25) is 10.1 Å². The lowest BCUT2D eigenvalue weighted by atomic mass is 10.0. The molecule has 0 radical (unpaired) electrons. The van der Waals surface area contributed by atoms with Crippen LogP contribution in [0.5, 0.6) is 0 Å². The molecule has 162 valence electrons. The molecule has 0 saturated carbocycles. The van der Waals surface area contributed by atoms with Gasteiger partial charge in [0, 0.05) is 6.54 Å². The van der Waals surface area contributed by atoms with Crippen LogP contribution < -0.4 is 10.6 Å². The second-order valence-corrected chi connectivity index (χ2v) is 7.97. The van der Waals surface area contributed by atoms with Gasteiger partial charge in [-0.2, -0.15) is 0 Å². The van der Waals surface area contributed by atoms with Gasteiger partial charge in [0.1, 0.15) is 6.54 Å². The molecule has 1 rings (SSSR count). The summed E-state index contributed by atoms with van der Waals surface area (Å²) in [5, 5.41) is 4.79. The molecule has 1 heterocycles. The predicted molar refractivity (Wildman–Crippen MR) is 113 cm³/mol. The highest BCUT2D eigenvalue weighted by molar-refractivity contribution is 6.09. The fourth-order valence-corrected chi connectivity index (χ4v) is 3.57. The standard InChI is InChI=1S/C22H41N3O3/c1-2-3-4-5-6-7-8-9-10-11-12-13-14-15-16-17-18-23-21(27)25-19-20(26)24-22(25)28/h2-19H2,1H3,(H,23,27)(H,24,26,28). The fraction of sp³-hybridized carbons (Fsp3) is 0.864. The minimum atomic E-state index is -0.630. The van der Waals surface area contributed by atoms with Gasteiger partial charge >= 0.3 is 12.1 Å². The molecule has 0 bridgehead atoms. The average molecular weight is 396 g/mol. The molecule has 5 amide bonds. The summed E-state index contributed by atoms with van der Waals surface area (Å²) >= 11 is 0. The number of nitrogens with one attached hydrogen (secondary N) is 2. The summed E-state index contributed by atoms with van der Waals surface area (Å²) in [6.45, 7) is 2.64. The van der Waals surface area contributed by atoms with Crippen molar-refractivity contribution >= 4 is 18.0 Å². The summed E-state index contributed by atoms with van der Waals surface area (Å²) in [5.41, 5.74) is 0. The van der Waals surface area contributed by atoms with Gasteiger partial charge in [-0.15, -0.1) is 0 Å². The Labute approximate surface area is 171 Å². The zero-order valence-electron chi connectivity index (χ0n) is 17.9. The Hall–Kier alpha value is -1.59. The predicted octanol–water partition coefficient (Wildman–Crippen LogP) is 5.51. The van der Waals surface area contributed by atoms with E-state index in [0.29, 0.717) is 6.54 Å². The van der Waals surface area contributed by atoms with Crippen molar-refractivity contribution in [2.75, 3.05) is 13.1 Å². The minimum Gasteiger partial charge on any atom is -0.338 e. The number of unbranched alkanes of at least 4 members (excludes halogenated alkanes) is 15. The first-order valence-corrected chi connectivity index (χ1v) is 11.5. The quantitative estimate of drug-likeness (QED) is 0.252. The Balaban J connectivity index is 1.77. The first kappa shape index (κ1) is 24.4. The van der Waals surface area contributed by atoms with Crippen molar-refractivity contribution in [3.05, 3.63) is 0 Å². The average Bonchev–Trinajstić information content (AvgIpc) is 3.02. The van der Waals surface area contributed by atoms with Crippen LogP contribution in [0.15, 0.2) is 0 Å². The third-order valence-electron chi connectivity index (χ3n) is 5.34. The molecule has 0 aromatic carbocycles. The van der Waals surface area contributed by atoms with Crippen molar-refractivity contribution in [2.24, 2.45) is 0 Å². The van der Waals surface area contributed by atoms with Crippen molar-refractivity contribution in [3.8, 4) is 0 Å². The number of hydrogen-bond donors (Lipinski definition) is 2. The molecule has 1 aliphatic rings. The smallest absolute Gasteiger partial charge is 0.332 e. The van der Waals surface area contributed by atoms with Crippen molar-refractivity contribution in [1.82, 2.24) is 15.5 Å². The van der Waals surface area contributed by atoms with E-state index < -0.39 is 18.0 Å². The van der Waals surface area contributed by atoms with E-state index in [1.165, 1.54) is 89.9 Å². The fourth-order valence-electron chi connectivity index (χ4n) is 3.57. The summed E-state index contributed by atoms with van der Waals surface area (Å²) in [6.07, 6.45) is 21.0. The molecule has 1 aliphatic heterocycles. The molecular formula is C22H41N3O3. The summed E-state index contributed by atoms with van der Waals surface area (Å²) in [5.74, 6) is -0.428. The van der Waals surface area contributed by atoms with Crippen LogP contribution in [0, 0.1) is 0 Å². The summed E-state index contributed by atoms with van der Waals surface area (Å²) < 4.78 is 0.